The number of rotatable bonds is 6. The van der Waals surface area contributed by atoms with Gasteiger partial charge in [0.2, 0.25) is 15.9 Å². The van der Waals surface area contributed by atoms with E-state index >= 15 is 0 Å². The van der Waals surface area contributed by atoms with E-state index in [-0.39, 0.29) is 23.9 Å². The predicted octanol–water partition coefficient (Wildman–Crippen LogP) is 2.37. The molecule has 3 aromatic rings. The van der Waals surface area contributed by atoms with Gasteiger partial charge in [-0.2, -0.15) is 9.40 Å². The minimum atomic E-state index is -4.04. The normalized spacial score (nSPS) is 17.0. The number of methoxy groups -OCH3 is 2. The molecule has 174 valence electrons. The van der Waals surface area contributed by atoms with E-state index in [0.29, 0.717) is 28.5 Å². The summed E-state index contributed by atoms with van der Waals surface area (Å²) in [6.45, 7) is 3.96. The molecule has 1 aromatic heterocycles. The number of sulfonamides is 1. The smallest absolute Gasteiger partial charge is 0.244 e. The molecule has 2 aromatic carbocycles. The molecule has 1 aliphatic heterocycles. The lowest BCUT2D eigenvalue weighted by Crippen LogP contribution is -2.52. The quantitative estimate of drug-likeness (QED) is 0.593. The van der Waals surface area contributed by atoms with Gasteiger partial charge in [0, 0.05) is 30.4 Å². The lowest BCUT2D eigenvalue weighted by molar-refractivity contribution is -0.127. The Labute approximate surface area is 193 Å². The van der Waals surface area contributed by atoms with E-state index in [1.165, 1.54) is 36.7 Å². The summed E-state index contributed by atoms with van der Waals surface area (Å²) in [4.78, 5) is 13.1. The first kappa shape index (κ1) is 22.8. The number of ether oxygens (including phenoxy) is 2. The van der Waals surface area contributed by atoms with Crippen molar-refractivity contribution >= 4 is 15.9 Å². The number of nitrogens with zero attached hydrogens (tertiary/aromatic N) is 3. The van der Waals surface area contributed by atoms with Crippen LogP contribution in [0.4, 0.5) is 0 Å². The highest BCUT2D eigenvalue weighted by Gasteiger charge is 2.42. The standard InChI is InChI=1S/C23H26N4O5S/c1-15-21(16(2)27(25-15)17-8-6-5-7-9-17)22-23(28)24-12-13-26(22)33(29,30)18-10-11-19(31-3)20(14-18)32-4/h5-11,14,22H,12-13H2,1-4H3,(H,24,28)/t22-/m0/s1. The van der Waals surface area contributed by atoms with Crippen molar-refractivity contribution in [2.75, 3.05) is 27.3 Å². The highest BCUT2D eigenvalue weighted by molar-refractivity contribution is 7.89. The molecule has 1 amide bonds. The summed E-state index contributed by atoms with van der Waals surface area (Å²) < 4.78 is 40.9. The average molecular weight is 471 g/mol. The molecule has 1 saturated heterocycles. The number of nitrogens with one attached hydrogen (secondary N) is 1. The largest absolute Gasteiger partial charge is 0.493 e. The van der Waals surface area contributed by atoms with E-state index in [1.54, 1.807) is 11.6 Å². The zero-order chi connectivity index (χ0) is 23.8. The summed E-state index contributed by atoms with van der Waals surface area (Å²) in [6, 6.07) is 12.9. The van der Waals surface area contributed by atoms with Crippen molar-refractivity contribution in [2.24, 2.45) is 0 Å². The zero-order valence-corrected chi connectivity index (χ0v) is 19.7. The molecule has 33 heavy (non-hydrogen) atoms. The van der Waals surface area contributed by atoms with Crippen LogP contribution in [0.3, 0.4) is 0 Å². The summed E-state index contributed by atoms with van der Waals surface area (Å²) in [7, 11) is -1.12. The van der Waals surface area contributed by atoms with Crippen LogP contribution in [-0.2, 0) is 14.8 Å². The van der Waals surface area contributed by atoms with Gasteiger partial charge in [-0.1, -0.05) is 18.2 Å². The van der Waals surface area contributed by atoms with Crippen LogP contribution in [0.2, 0.25) is 0 Å². The Morgan fingerprint density at radius 1 is 1.03 bits per heavy atom. The second kappa shape index (κ2) is 8.87. The van der Waals surface area contributed by atoms with E-state index in [1.807, 2.05) is 37.3 Å². The molecule has 0 bridgehead atoms. The number of benzene rings is 2. The van der Waals surface area contributed by atoms with Gasteiger partial charge in [0.1, 0.15) is 6.04 Å². The molecule has 1 atom stereocenters. The molecule has 4 rings (SSSR count). The zero-order valence-electron chi connectivity index (χ0n) is 18.9. The van der Waals surface area contributed by atoms with Crippen LogP contribution in [0.1, 0.15) is 23.0 Å². The van der Waals surface area contributed by atoms with Gasteiger partial charge < -0.3 is 14.8 Å². The van der Waals surface area contributed by atoms with Crippen LogP contribution in [0.25, 0.3) is 5.69 Å². The monoisotopic (exact) mass is 470 g/mol. The first-order chi connectivity index (χ1) is 15.8. The van der Waals surface area contributed by atoms with Crippen molar-refractivity contribution in [1.82, 2.24) is 19.4 Å². The Hall–Kier alpha value is -3.37. The topological polar surface area (TPSA) is 103 Å². The van der Waals surface area contributed by atoms with Gasteiger partial charge in [0.25, 0.3) is 0 Å². The van der Waals surface area contributed by atoms with E-state index < -0.39 is 16.1 Å². The highest BCUT2D eigenvalue weighted by atomic mass is 32.2. The van der Waals surface area contributed by atoms with Crippen molar-refractivity contribution < 1.29 is 22.7 Å². The Morgan fingerprint density at radius 3 is 2.39 bits per heavy atom. The third-order valence-corrected chi connectivity index (χ3v) is 7.61. The fourth-order valence-corrected chi connectivity index (χ4v) is 5.74. The second-order valence-electron chi connectivity index (χ2n) is 7.66. The molecule has 10 heteroatoms. The maximum atomic E-state index is 13.7. The number of aryl methyl sites for hydroxylation is 1. The fourth-order valence-electron chi connectivity index (χ4n) is 4.16. The number of carbonyl (C=O) groups excluding carboxylic acids is 1. The van der Waals surface area contributed by atoms with Gasteiger partial charge in [0.15, 0.2) is 11.5 Å². The third-order valence-electron chi connectivity index (χ3n) is 5.75. The number of amides is 1. The Balaban J connectivity index is 1.82. The number of hydrogen-bond acceptors (Lipinski definition) is 6. The fraction of sp³-hybridized carbons (Fsp3) is 0.304. The summed E-state index contributed by atoms with van der Waals surface area (Å²) in [5.41, 5.74) is 2.69. The molecule has 9 nitrogen and oxygen atoms in total. The van der Waals surface area contributed by atoms with E-state index in [0.717, 1.165) is 5.69 Å². The van der Waals surface area contributed by atoms with Crippen molar-refractivity contribution in [3.8, 4) is 17.2 Å². The molecule has 1 aliphatic rings. The predicted molar refractivity (Wildman–Crippen MR) is 122 cm³/mol. The van der Waals surface area contributed by atoms with Crippen molar-refractivity contribution in [3.63, 3.8) is 0 Å². The summed E-state index contributed by atoms with van der Waals surface area (Å²) in [5, 5.41) is 7.41. The Bertz CT molecular complexity index is 1290. The molecule has 1 N–H and O–H groups in total. The second-order valence-corrected chi connectivity index (χ2v) is 9.55. The van der Waals surface area contributed by atoms with E-state index in [9.17, 15) is 13.2 Å². The van der Waals surface area contributed by atoms with Crippen molar-refractivity contribution in [3.05, 3.63) is 65.5 Å². The molecule has 0 aliphatic carbocycles. The van der Waals surface area contributed by atoms with Gasteiger partial charge in [-0.15, -0.1) is 0 Å². The van der Waals surface area contributed by atoms with Crippen LogP contribution in [0, 0.1) is 13.8 Å². The van der Waals surface area contributed by atoms with Crippen LogP contribution in [0.15, 0.2) is 53.4 Å². The van der Waals surface area contributed by atoms with Crippen LogP contribution in [0.5, 0.6) is 11.5 Å². The Kier molecular flexibility index (Phi) is 6.13. The average Bonchev–Trinajstić information content (AvgIpc) is 3.12. The summed E-state index contributed by atoms with van der Waals surface area (Å²) >= 11 is 0. The molecule has 0 saturated carbocycles. The summed E-state index contributed by atoms with van der Waals surface area (Å²) in [6.07, 6.45) is 0. The van der Waals surface area contributed by atoms with Gasteiger partial charge in [-0.3, -0.25) is 4.79 Å². The third kappa shape index (κ3) is 3.96. The van der Waals surface area contributed by atoms with Crippen LogP contribution in [-0.4, -0.2) is 55.7 Å². The first-order valence-electron chi connectivity index (χ1n) is 10.4. The number of aromatic nitrogens is 2. The molecular weight excluding hydrogens is 444 g/mol. The first-order valence-corrected chi connectivity index (χ1v) is 11.9. The van der Waals surface area contributed by atoms with Gasteiger partial charge in [-0.05, 0) is 38.1 Å². The van der Waals surface area contributed by atoms with E-state index in [2.05, 4.69) is 10.4 Å². The van der Waals surface area contributed by atoms with Crippen LogP contribution < -0.4 is 14.8 Å². The molecule has 0 radical (unpaired) electrons. The number of carbonyl (C=O) groups is 1. The summed E-state index contributed by atoms with van der Waals surface area (Å²) in [5.74, 6) is 0.324. The number of piperazine rings is 1. The maximum absolute atomic E-state index is 13.7. The lowest BCUT2D eigenvalue weighted by atomic mass is 10.0. The van der Waals surface area contributed by atoms with Crippen molar-refractivity contribution in [2.45, 2.75) is 24.8 Å². The molecule has 1 fully saturated rings. The van der Waals surface area contributed by atoms with E-state index in [4.69, 9.17) is 9.47 Å². The molecule has 2 heterocycles. The highest BCUT2D eigenvalue weighted by Crippen LogP contribution is 2.36. The van der Waals surface area contributed by atoms with Crippen LogP contribution >= 0.6 is 0 Å². The minimum absolute atomic E-state index is 0.0191. The van der Waals surface area contributed by atoms with Gasteiger partial charge in [-0.25, -0.2) is 13.1 Å². The van der Waals surface area contributed by atoms with Gasteiger partial charge >= 0.3 is 0 Å². The van der Waals surface area contributed by atoms with Crippen molar-refractivity contribution in [1.29, 1.82) is 0 Å². The van der Waals surface area contributed by atoms with Gasteiger partial charge in [0.05, 0.1) is 30.5 Å². The lowest BCUT2D eigenvalue weighted by Gasteiger charge is -2.34. The molecular formula is C23H26N4O5S. The SMILES string of the molecule is COc1ccc(S(=O)(=O)N2CCNC(=O)[C@@H]2c2c(C)nn(-c3ccccc3)c2C)cc1OC. The number of para-hydroxylation sites is 1. The number of hydrogen-bond donors (Lipinski definition) is 1. The minimum Gasteiger partial charge on any atom is -0.493 e. The Morgan fingerprint density at radius 2 is 1.73 bits per heavy atom. The molecule has 0 unspecified atom stereocenters. The molecule has 0 spiro atoms. The maximum Gasteiger partial charge on any atom is 0.244 e.